The minimum Gasteiger partial charge on any atom is -0.496 e. The molecule has 1 aromatic carbocycles. The molecule has 0 atom stereocenters. The lowest BCUT2D eigenvalue weighted by Gasteiger charge is -2.31. The Morgan fingerprint density at radius 2 is 1.60 bits per heavy atom. The molecule has 2 rings (SSSR count). The van der Waals surface area contributed by atoms with E-state index in [-0.39, 0.29) is 11.4 Å². The summed E-state index contributed by atoms with van der Waals surface area (Å²) in [7, 11) is 1.59. The molecule has 0 unspecified atom stereocenters. The molecule has 0 bridgehead atoms. The van der Waals surface area contributed by atoms with E-state index < -0.39 is 5.97 Å². The summed E-state index contributed by atoms with van der Waals surface area (Å²) < 4.78 is 10.1. The van der Waals surface area contributed by atoms with Crippen molar-refractivity contribution >= 4 is 41.2 Å². The van der Waals surface area contributed by atoms with Crippen molar-refractivity contribution in [3.63, 3.8) is 0 Å². The maximum atomic E-state index is 11.4. The van der Waals surface area contributed by atoms with Crippen molar-refractivity contribution in [1.82, 2.24) is 0 Å². The van der Waals surface area contributed by atoms with Crippen LogP contribution < -0.4 is 4.74 Å². The maximum absolute atomic E-state index is 11.4. The SMILES string of the molecule is CC1=C(C#C/C(C)=C/C=C/C(C)=C/C(=O)O)C(C)(C)CCC1.CCOC(=O)/C=C(C)/C=C/C=C(C)/C=C/c1c(Cl)cc(OC)c(C)c1Cl. The highest BCUT2D eigenvalue weighted by atomic mass is 35.5. The number of allylic oxidation sites excluding steroid dienone is 13. The van der Waals surface area contributed by atoms with Gasteiger partial charge in [0.2, 0.25) is 0 Å². The van der Waals surface area contributed by atoms with Crippen LogP contribution in [0.15, 0.2) is 94.2 Å². The van der Waals surface area contributed by atoms with Crippen molar-refractivity contribution in [3.8, 4) is 17.6 Å². The number of rotatable bonds is 10. The second-order valence-corrected chi connectivity index (χ2v) is 13.0. The number of methoxy groups -OCH3 is 1. The van der Waals surface area contributed by atoms with Gasteiger partial charge in [-0.1, -0.05) is 109 Å². The third kappa shape index (κ3) is 15.3. The number of ether oxygens (including phenoxy) is 2. The van der Waals surface area contributed by atoms with Gasteiger partial charge in [-0.15, -0.1) is 0 Å². The molecule has 48 heavy (non-hydrogen) atoms. The molecule has 0 heterocycles. The fourth-order valence-corrected chi connectivity index (χ4v) is 5.37. The van der Waals surface area contributed by atoms with Crippen molar-refractivity contribution in [3.05, 3.63) is 115 Å². The van der Waals surface area contributed by atoms with Gasteiger partial charge in [-0.2, -0.15) is 0 Å². The molecule has 0 saturated carbocycles. The van der Waals surface area contributed by atoms with Crippen LogP contribution in [0.3, 0.4) is 0 Å². The summed E-state index contributed by atoms with van der Waals surface area (Å²) >= 11 is 12.7. The van der Waals surface area contributed by atoms with E-state index in [9.17, 15) is 9.59 Å². The standard InChI is InChI=1S/C21H24Cl2O3.C20H26O2/c1-6-26-20(24)12-15(3)9-7-8-14(2)10-11-17-18(22)13-19(25-5)16(4)21(17)23;1-15(8-6-9-16(2)14-19(21)22)11-12-18-17(3)10-7-13-20(18,4)5/h7-13H,6H2,1-5H3;6,8-9,14H,7,10,13H2,1-5H3,(H,21,22)/b9-7+,11-10+,14-8+,15-12+;9-6+,15-8+,16-14+. The van der Waals surface area contributed by atoms with Gasteiger partial charge in [-0.25, -0.2) is 9.59 Å². The monoisotopic (exact) mass is 692 g/mol. The Bertz CT molecular complexity index is 1630. The number of carboxylic acid groups (broad SMARTS) is 1. The summed E-state index contributed by atoms with van der Waals surface area (Å²) in [5.74, 6) is 5.97. The minimum atomic E-state index is -0.926. The molecule has 258 valence electrons. The van der Waals surface area contributed by atoms with Gasteiger partial charge in [0.15, 0.2) is 0 Å². The van der Waals surface area contributed by atoms with Gasteiger partial charge < -0.3 is 14.6 Å². The number of hydrogen-bond donors (Lipinski definition) is 1. The summed E-state index contributed by atoms with van der Waals surface area (Å²) in [5, 5.41) is 9.75. The van der Waals surface area contributed by atoms with Crippen molar-refractivity contribution in [2.45, 2.75) is 81.6 Å². The average Bonchev–Trinajstić information content (AvgIpc) is 2.98. The fourth-order valence-electron chi connectivity index (χ4n) is 4.81. The lowest BCUT2D eigenvalue weighted by Crippen LogP contribution is -2.19. The molecule has 7 heteroatoms. The largest absolute Gasteiger partial charge is 0.496 e. The summed E-state index contributed by atoms with van der Waals surface area (Å²) in [6.45, 7) is 18.3. The molecule has 0 amide bonds. The summed E-state index contributed by atoms with van der Waals surface area (Å²) in [6, 6.07) is 1.75. The zero-order chi connectivity index (χ0) is 36.4. The number of carboxylic acids is 1. The Labute approximate surface area is 298 Å². The van der Waals surface area contributed by atoms with E-state index in [4.69, 9.17) is 37.8 Å². The van der Waals surface area contributed by atoms with E-state index in [0.29, 0.717) is 28.0 Å². The van der Waals surface area contributed by atoms with Gasteiger partial charge in [0, 0.05) is 28.9 Å². The highest BCUT2D eigenvalue weighted by Gasteiger charge is 2.27. The zero-order valence-electron chi connectivity index (χ0n) is 30.0. The van der Waals surface area contributed by atoms with Gasteiger partial charge in [-0.3, -0.25) is 0 Å². The van der Waals surface area contributed by atoms with Crippen LogP contribution in [0.1, 0.15) is 85.8 Å². The molecule has 0 spiro atoms. The molecule has 1 aliphatic carbocycles. The Morgan fingerprint density at radius 1 is 0.979 bits per heavy atom. The number of hydrogen-bond acceptors (Lipinski definition) is 4. The maximum Gasteiger partial charge on any atom is 0.330 e. The number of halogens is 2. The topological polar surface area (TPSA) is 72.8 Å². The zero-order valence-corrected chi connectivity index (χ0v) is 31.5. The third-order valence-corrected chi connectivity index (χ3v) is 8.23. The summed E-state index contributed by atoms with van der Waals surface area (Å²) in [6.07, 6.45) is 21.2. The van der Waals surface area contributed by atoms with E-state index in [1.165, 1.54) is 36.1 Å². The van der Waals surface area contributed by atoms with Crippen LogP contribution in [0.2, 0.25) is 10.0 Å². The molecular weight excluding hydrogens is 643 g/mol. The summed E-state index contributed by atoms with van der Waals surface area (Å²) in [4.78, 5) is 21.9. The van der Waals surface area contributed by atoms with Crippen LogP contribution in [0.5, 0.6) is 5.75 Å². The van der Waals surface area contributed by atoms with Crippen LogP contribution in [-0.4, -0.2) is 30.8 Å². The van der Waals surface area contributed by atoms with Crippen LogP contribution in [0.25, 0.3) is 6.08 Å². The van der Waals surface area contributed by atoms with Crippen LogP contribution >= 0.6 is 23.2 Å². The number of aliphatic carboxylic acids is 1. The molecule has 0 fully saturated rings. The first-order valence-corrected chi connectivity index (χ1v) is 16.7. The van der Waals surface area contributed by atoms with Gasteiger partial charge >= 0.3 is 11.9 Å². The molecule has 1 aromatic rings. The average molecular weight is 694 g/mol. The number of benzene rings is 1. The van der Waals surface area contributed by atoms with E-state index in [1.54, 1.807) is 33.1 Å². The van der Waals surface area contributed by atoms with Crippen LogP contribution in [0.4, 0.5) is 0 Å². The summed E-state index contributed by atoms with van der Waals surface area (Å²) in [5.41, 5.74) is 7.95. The molecular formula is C41H50Cl2O5. The molecule has 1 aliphatic rings. The predicted molar refractivity (Wildman–Crippen MR) is 202 cm³/mol. The quantitative estimate of drug-likeness (QED) is 0.114. The van der Waals surface area contributed by atoms with Crippen molar-refractivity contribution in [1.29, 1.82) is 0 Å². The van der Waals surface area contributed by atoms with Gasteiger partial charge in [-0.05, 0) is 95.9 Å². The predicted octanol–water partition coefficient (Wildman–Crippen LogP) is 11.4. The highest BCUT2D eigenvalue weighted by molar-refractivity contribution is 6.38. The molecule has 0 aliphatic heterocycles. The minimum absolute atomic E-state index is 0.173. The Balaban J connectivity index is 0.000000487. The molecule has 5 nitrogen and oxygen atoms in total. The molecule has 0 radical (unpaired) electrons. The van der Waals surface area contributed by atoms with E-state index in [2.05, 4.69) is 32.6 Å². The Hall–Kier alpha value is -3.98. The number of carbonyl (C=O) groups excluding carboxylic acids is 1. The van der Waals surface area contributed by atoms with E-state index in [1.807, 2.05) is 70.2 Å². The second-order valence-electron chi connectivity index (χ2n) is 12.2. The molecule has 0 aromatic heterocycles. The highest BCUT2D eigenvalue weighted by Crippen LogP contribution is 2.39. The first-order valence-electron chi connectivity index (χ1n) is 15.9. The van der Waals surface area contributed by atoms with Crippen molar-refractivity contribution in [2.75, 3.05) is 13.7 Å². The normalized spacial score (nSPS) is 15.8. The number of esters is 1. The molecule has 1 N–H and O–H groups in total. The first-order chi connectivity index (χ1) is 22.5. The fraction of sp³-hybridized carbons (Fsp3) is 0.366. The van der Waals surface area contributed by atoms with Gasteiger partial charge in [0.25, 0.3) is 0 Å². The van der Waals surface area contributed by atoms with E-state index in [0.717, 1.165) is 34.3 Å². The Morgan fingerprint density at radius 3 is 2.19 bits per heavy atom. The molecule has 0 saturated heterocycles. The lowest BCUT2D eigenvalue weighted by atomic mass is 9.73. The van der Waals surface area contributed by atoms with Crippen LogP contribution in [0, 0.1) is 24.2 Å². The number of carbonyl (C=O) groups is 2. The van der Waals surface area contributed by atoms with Gasteiger partial charge in [0.05, 0.1) is 23.8 Å². The van der Waals surface area contributed by atoms with Crippen molar-refractivity contribution in [2.24, 2.45) is 5.41 Å². The van der Waals surface area contributed by atoms with Crippen LogP contribution in [-0.2, 0) is 14.3 Å². The second kappa shape index (κ2) is 21.1. The third-order valence-electron chi connectivity index (χ3n) is 7.43. The smallest absolute Gasteiger partial charge is 0.330 e. The van der Waals surface area contributed by atoms with Crippen molar-refractivity contribution < 1.29 is 24.2 Å². The van der Waals surface area contributed by atoms with E-state index >= 15 is 0 Å². The Kier molecular flexibility index (Phi) is 18.5. The lowest BCUT2D eigenvalue weighted by molar-refractivity contribution is -0.137. The van der Waals surface area contributed by atoms with Gasteiger partial charge in [0.1, 0.15) is 5.75 Å². The first kappa shape index (κ1) is 42.0.